The molecule has 27 heavy (non-hydrogen) atoms. The molecule has 0 bridgehead atoms. The molecule has 2 amide bonds. The molecule has 0 radical (unpaired) electrons. The minimum absolute atomic E-state index is 0.00369. The van der Waals surface area contributed by atoms with Crippen molar-refractivity contribution < 1.29 is 19.1 Å². The van der Waals surface area contributed by atoms with E-state index in [0.29, 0.717) is 37.5 Å². The molecule has 0 aliphatic carbocycles. The van der Waals surface area contributed by atoms with Crippen LogP contribution < -0.4 is 4.74 Å². The summed E-state index contributed by atoms with van der Waals surface area (Å²) in [5, 5.41) is 0. The van der Waals surface area contributed by atoms with Gasteiger partial charge in [0, 0.05) is 46.1 Å². The normalized spacial score (nSPS) is 14.5. The Labute approximate surface area is 161 Å². The van der Waals surface area contributed by atoms with Crippen LogP contribution >= 0.6 is 0 Å². The second-order valence-corrected chi connectivity index (χ2v) is 6.41. The van der Waals surface area contributed by atoms with Gasteiger partial charge in [0.25, 0.3) is 5.91 Å². The van der Waals surface area contributed by atoms with Gasteiger partial charge in [0.1, 0.15) is 18.5 Å². The molecule has 1 fully saturated rings. The number of ether oxygens (including phenoxy) is 2. The van der Waals surface area contributed by atoms with Gasteiger partial charge >= 0.3 is 0 Å². The molecule has 1 aliphatic rings. The molecule has 0 aromatic heterocycles. The van der Waals surface area contributed by atoms with Crippen LogP contribution in [0.15, 0.2) is 49.6 Å². The minimum Gasteiger partial charge on any atom is -0.489 e. The molecule has 2 rings (SSSR count). The summed E-state index contributed by atoms with van der Waals surface area (Å²) in [5.74, 6) is 0.455. The lowest BCUT2D eigenvalue weighted by Gasteiger charge is -2.32. The Morgan fingerprint density at radius 2 is 1.81 bits per heavy atom. The molecule has 0 unspecified atom stereocenters. The summed E-state index contributed by atoms with van der Waals surface area (Å²) in [4.78, 5) is 28.2. The van der Waals surface area contributed by atoms with Crippen molar-refractivity contribution in [1.29, 1.82) is 0 Å². The molecule has 0 atom stereocenters. The summed E-state index contributed by atoms with van der Waals surface area (Å²) in [7, 11) is 1.52. The maximum atomic E-state index is 12.9. The number of rotatable bonds is 9. The van der Waals surface area contributed by atoms with Gasteiger partial charge in [-0.1, -0.05) is 24.3 Å². The van der Waals surface area contributed by atoms with Gasteiger partial charge in [-0.15, -0.1) is 13.2 Å². The van der Waals surface area contributed by atoms with E-state index in [1.807, 2.05) is 18.2 Å². The molecule has 1 aliphatic heterocycles. The predicted molar refractivity (Wildman–Crippen MR) is 105 cm³/mol. The van der Waals surface area contributed by atoms with Gasteiger partial charge in [-0.3, -0.25) is 9.59 Å². The van der Waals surface area contributed by atoms with Gasteiger partial charge in [-0.05, 0) is 12.1 Å². The summed E-state index contributed by atoms with van der Waals surface area (Å²) < 4.78 is 11.0. The molecule has 6 nitrogen and oxygen atoms in total. The number of hydrogen-bond acceptors (Lipinski definition) is 4. The number of benzene rings is 1. The number of likely N-dealkylation sites (tertiary alicyclic amines) is 1. The molecule has 1 heterocycles. The average molecular weight is 372 g/mol. The molecule has 0 spiro atoms. The Bertz CT molecular complexity index is 656. The van der Waals surface area contributed by atoms with Crippen molar-refractivity contribution in [3.63, 3.8) is 0 Å². The van der Waals surface area contributed by atoms with E-state index >= 15 is 0 Å². The first-order chi connectivity index (χ1) is 13.1. The van der Waals surface area contributed by atoms with Crippen LogP contribution in [0.1, 0.15) is 23.2 Å². The molecule has 146 valence electrons. The second-order valence-electron chi connectivity index (χ2n) is 6.41. The molecule has 1 aromatic carbocycles. The van der Waals surface area contributed by atoms with E-state index in [4.69, 9.17) is 9.47 Å². The summed E-state index contributed by atoms with van der Waals surface area (Å²) >= 11 is 0. The van der Waals surface area contributed by atoms with Crippen molar-refractivity contribution in [2.75, 3.05) is 39.9 Å². The quantitative estimate of drug-likeness (QED) is 0.625. The number of piperidine rings is 1. The van der Waals surface area contributed by atoms with Crippen LogP contribution in [0.4, 0.5) is 0 Å². The van der Waals surface area contributed by atoms with Crippen LogP contribution in [-0.2, 0) is 9.53 Å². The Hall–Kier alpha value is -2.60. The van der Waals surface area contributed by atoms with Crippen molar-refractivity contribution in [2.45, 2.75) is 18.9 Å². The predicted octanol–water partition coefficient (Wildman–Crippen LogP) is 2.52. The van der Waals surface area contributed by atoms with E-state index in [9.17, 15) is 9.59 Å². The SMILES string of the molecule is C=CCN(CC=C)C(=O)c1ccccc1OC1CCN(C(=O)COC)CC1. The third kappa shape index (κ3) is 5.69. The smallest absolute Gasteiger partial charge is 0.258 e. The van der Waals surface area contributed by atoms with E-state index in [1.165, 1.54) is 7.11 Å². The lowest BCUT2D eigenvalue weighted by Crippen LogP contribution is -2.43. The average Bonchev–Trinajstić information content (AvgIpc) is 2.68. The lowest BCUT2D eigenvalue weighted by atomic mass is 10.1. The topological polar surface area (TPSA) is 59.1 Å². The molecule has 6 heteroatoms. The molecular formula is C21H28N2O4. The number of para-hydroxylation sites is 1. The third-order valence-corrected chi connectivity index (χ3v) is 4.46. The van der Waals surface area contributed by atoms with Crippen molar-refractivity contribution in [2.24, 2.45) is 0 Å². The maximum Gasteiger partial charge on any atom is 0.258 e. The van der Waals surface area contributed by atoms with Gasteiger partial charge < -0.3 is 19.3 Å². The molecule has 1 saturated heterocycles. The van der Waals surface area contributed by atoms with E-state index < -0.39 is 0 Å². The Kier molecular flexibility index (Phi) is 8.07. The Morgan fingerprint density at radius 3 is 2.41 bits per heavy atom. The monoisotopic (exact) mass is 372 g/mol. The van der Waals surface area contributed by atoms with Crippen molar-refractivity contribution in [3.05, 3.63) is 55.1 Å². The highest BCUT2D eigenvalue weighted by Gasteiger charge is 2.25. The fourth-order valence-electron chi connectivity index (χ4n) is 3.09. The first-order valence-corrected chi connectivity index (χ1v) is 9.14. The molecule has 0 saturated carbocycles. The summed E-state index contributed by atoms with van der Waals surface area (Å²) in [6.45, 7) is 9.66. The minimum atomic E-state index is -0.113. The lowest BCUT2D eigenvalue weighted by molar-refractivity contribution is -0.136. The van der Waals surface area contributed by atoms with Crippen LogP contribution in [-0.4, -0.2) is 67.6 Å². The summed E-state index contributed by atoms with van der Waals surface area (Å²) in [5.41, 5.74) is 0.527. The van der Waals surface area contributed by atoms with E-state index in [-0.39, 0.29) is 24.5 Å². The van der Waals surface area contributed by atoms with Crippen LogP contribution in [0, 0.1) is 0 Å². The van der Waals surface area contributed by atoms with Crippen LogP contribution in [0.25, 0.3) is 0 Å². The number of nitrogens with zero attached hydrogens (tertiary/aromatic N) is 2. The molecule has 0 N–H and O–H groups in total. The Morgan fingerprint density at radius 1 is 1.19 bits per heavy atom. The van der Waals surface area contributed by atoms with Gasteiger partial charge in [0.2, 0.25) is 5.91 Å². The standard InChI is InChI=1S/C21H28N2O4/c1-4-12-23(13-5-2)21(25)18-8-6-7-9-19(18)27-17-10-14-22(15-11-17)20(24)16-26-3/h4-9,17H,1-2,10-16H2,3H3. The van der Waals surface area contributed by atoms with Crippen molar-refractivity contribution >= 4 is 11.8 Å². The highest BCUT2D eigenvalue weighted by atomic mass is 16.5. The Balaban J connectivity index is 2.04. The van der Waals surface area contributed by atoms with Crippen molar-refractivity contribution in [1.82, 2.24) is 9.80 Å². The van der Waals surface area contributed by atoms with E-state index in [2.05, 4.69) is 13.2 Å². The fourth-order valence-corrected chi connectivity index (χ4v) is 3.09. The van der Waals surface area contributed by atoms with E-state index in [1.54, 1.807) is 28.0 Å². The van der Waals surface area contributed by atoms with Crippen molar-refractivity contribution in [3.8, 4) is 5.75 Å². The number of carbonyl (C=O) groups is 2. The zero-order chi connectivity index (χ0) is 19.6. The number of amides is 2. The van der Waals surface area contributed by atoms with Gasteiger partial charge in [-0.25, -0.2) is 0 Å². The zero-order valence-corrected chi connectivity index (χ0v) is 15.9. The maximum absolute atomic E-state index is 12.9. The van der Waals surface area contributed by atoms with Gasteiger partial charge in [0.05, 0.1) is 5.56 Å². The van der Waals surface area contributed by atoms with Crippen LogP contribution in [0.3, 0.4) is 0 Å². The third-order valence-electron chi connectivity index (χ3n) is 4.46. The summed E-state index contributed by atoms with van der Waals surface area (Å²) in [6.07, 6.45) is 4.80. The fraction of sp³-hybridized carbons (Fsp3) is 0.429. The van der Waals surface area contributed by atoms with E-state index in [0.717, 1.165) is 12.8 Å². The molecular weight excluding hydrogens is 344 g/mol. The highest BCUT2D eigenvalue weighted by molar-refractivity contribution is 5.97. The van der Waals surface area contributed by atoms with Crippen LogP contribution in [0.5, 0.6) is 5.75 Å². The number of hydrogen-bond donors (Lipinski definition) is 0. The number of carbonyl (C=O) groups excluding carboxylic acids is 2. The zero-order valence-electron chi connectivity index (χ0n) is 15.9. The van der Waals surface area contributed by atoms with Crippen LogP contribution in [0.2, 0.25) is 0 Å². The first kappa shape index (κ1) is 20.7. The largest absolute Gasteiger partial charge is 0.489 e. The molecule has 1 aromatic rings. The second kappa shape index (κ2) is 10.5. The first-order valence-electron chi connectivity index (χ1n) is 9.14. The van der Waals surface area contributed by atoms with Gasteiger partial charge in [0.15, 0.2) is 0 Å². The van der Waals surface area contributed by atoms with Gasteiger partial charge in [-0.2, -0.15) is 0 Å². The summed E-state index contributed by atoms with van der Waals surface area (Å²) in [6, 6.07) is 7.27. The number of methoxy groups -OCH3 is 1. The highest BCUT2D eigenvalue weighted by Crippen LogP contribution is 2.24.